The Morgan fingerprint density at radius 1 is 0.950 bits per heavy atom. The summed E-state index contributed by atoms with van der Waals surface area (Å²) in [7, 11) is 0. The zero-order valence-electron chi connectivity index (χ0n) is 10.7. The molecule has 0 bridgehead atoms. The van der Waals surface area contributed by atoms with E-state index in [1.54, 1.807) is 19.9 Å². The summed E-state index contributed by atoms with van der Waals surface area (Å²) in [5, 5.41) is 0.477. The van der Waals surface area contributed by atoms with E-state index in [-0.39, 0.29) is 5.56 Å². The van der Waals surface area contributed by atoms with Crippen LogP contribution in [0.2, 0.25) is 5.02 Å². The van der Waals surface area contributed by atoms with Crippen molar-refractivity contribution in [2.45, 2.75) is 13.8 Å². The molecule has 0 spiro atoms. The molecule has 0 fully saturated rings. The molecule has 0 saturated heterocycles. The van der Waals surface area contributed by atoms with E-state index in [2.05, 4.69) is 0 Å². The van der Waals surface area contributed by atoms with Gasteiger partial charge >= 0.3 is 0 Å². The van der Waals surface area contributed by atoms with E-state index in [4.69, 9.17) is 11.6 Å². The fourth-order valence-electron chi connectivity index (χ4n) is 1.87. The summed E-state index contributed by atoms with van der Waals surface area (Å²) in [4.78, 5) is 12.2. The molecule has 1 nitrogen and oxygen atoms in total. The molecular formula is C15H10ClF3O. The van der Waals surface area contributed by atoms with Gasteiger partial charge in [-0.1, -0.05) is 11.6 Å². The maximum atomic E-state index is 13.6. The molecule has 0 radical (unpaired) electrons. The van der Waals surface area contributed by atoms with Crippen molar-refractivity contribution >= 4 is 17.4 Å². The number of hydrogen-bond donors (Lipinski definition) is 0. The highest BCUT2D eigenvalue weighted by molar-refractivity contribution is 6.31. The average molecular weight is 299 g/mol. The zero-order chi connectivity index (χ0) is 15.0. The maximum Gasteiger partial charge on any atom is 0.196 e. The third-order valence-corrected chi connectivity index (χ3v) is 3.44. The van der Waals surface area contributed by atoms with Crippen molar-refractivity contribution in [2.24, 2.45) is 0 Å². The van der Waals surface area contributed by atoms with Crippen LogP contribution in [-0.4, -0.2) is 5.78 Å². The highest BCUT2D eigenvalue weighted by Crippen LogP contribution is 2.24. The molecule has 0 heterocycles. The number of benzene rings is 2. The average Bonchev–Trinajstić information content (AvgIpc) is 2.40. The number of carbonyl (C=O) groups is 1. The number of rotatable bonds is 2. The van der Waals surface area contributed by atoms with Crippen LogP contribution in [0, 0.1) is 31.3 Å². The predicted octanol–water partition coefficient (Wildman–Crippen LogP) is 4.61. The molecule has 0 unspecified atom stereocenters. The second-order valence-corrected chi connectivity index (χ2v) is 4.88. The van der Waals surface area contributed by atoms with Crippen LogP contribution in [0.4, 0.5) is 13.2 Å². The summed E-state index contributed by atoms with van der Waals surface area (Å²) in [6.07, 6.45) is 0. The molecule has 0 saturated carbocycles. The smallest absolute Gasteiger partial charge is 0.196 e. The van der Waals surface area contributed by atoms with Gasteiger partial charge in [-0.2, -0.15) is 0 Å². The van der Waals surface area contributed by atoms with E-state index in [1.165, 1.54) is 6.07 Å². The van der Waals surface area contributed by atoms with Gasteiger partial charge in [-0.15, -0.1) is 0 Å². The number of aryl methyl sites for hydroxylation is 2. The summed E-state index contributed by atoms with van der Waals surface area (Å²) in [5.74, 6) is -5.18. The molecule has 2 aromatic carbocycles. The van der Waals surface area contributed by atoms with Crippen LogP contribution in [0.25, 0.3) is 0 Å². The molecule has 5 heteroatoms. The molecule has 0 aromatic heterocycles. The first-order valence-corrected chi connectivity index (χ1v) is 6.15. The molecule has 20 heavy (non-hydrogen) atoms. The molecule has 0 aliphatic carbocycles. The lowest BCUT2D eigenvalue weighted by Crippen LogP contribution is -2.09. The highest BCUT2D eigenvalue weighted by Gasteiger charge is 2.21. The quantitative estimate of drug-likeness (QED) is 0.585. The first kappa shape index (κ1) is 14.6. The largest absolute Gasteiger partial charge is 0.288 e. The van der Waals surface area contributed by atoms with Crippen LogP contribution < -0.4 is 0 Å². The van der Waals surface area contributed by atoms with Crippen molar-refractivity contribution in [3.05, 3.63) is 69.0 Å². The molecule has 0 N–H and O–H groups in total. The molecule has 0 amide bonds. The lowest BCUT2D eigenvalue weighted by Gasteiger charge is -2.09. The van der Waals surface area contributed by atoms with Gasteiger partial charge in [0.25, 0.3) is 0 Å². The van der Waals surface area contributed by atoms with E-state index in [0.717, 1.165) is 12.1 Å². The minimum atomic E-state index is -1.65. The molecule has 0 aliphatic heterocycles. The van der Waals surface area contributed by atoms with E-state index >= 15 is 0 Å². The second kappa shape index (κ2) is 5.29. The molecule has 104 valence electrons. The van der Waals surface area contributed by atoms with Crippen LogP contribution in [0.15, 0.2) is 24.3 Å². The standard InChI is InChI=1S/C15H10ClF3O/c1-7-6-11(16)8(2)5-10(7)15(20)9-3-4-12(17)14(19)13(9)18/h3-6H,1-2H3. The second-order valence-electron chi connectivity index (χ2n) is 4.47. The van der Waals surface area contributed by atoms with Gasteiger partial charge in [0.05, 0.1) is 5.56 Å². The number of ketones is 1. The Morgan fingerprint density at radius 3 is 2.25 bits per heavy atom. The third kappa shape index (κ3) is 2.43. The van der Waals surface area contributed by atoms with Gasteiger partial charge in [0.1, 0.15) is 0 Å². The van der Waals surface area contributed by atoms with Gasteiger partial charge in [0, 0.05) is 10.6 Å². The Kier molecular flexibility index (Phi) is 3.86. The topological polar surface area (TPSA) is 17.1 Å². The van der Waals surface area contributed by atoms with Gasteiger partial charge in [-0.3, -0.25) is 4.79 Å². The van der Waals surface area contributed by atoms with Crippen LogP contribution >= 0.6 is 11.6 Å². The first-order chi connectivity index (χ1) is 9.32. The third-order valence-electron chi connectivity index (χ3n) is 3.03. The minimum Gasteiger partial charge on any atom is -0.288 e. The number of hydrogen-bond acceptors (Lipinski definition) is 1. The van der Waals surface area contributed by atoms with E-state index in [0.29, 0.717) is 16.1 Å². The molecule has 2 aromatic rings. The van der Waals surface area contributed by atoms with Crippen molar-refractivity contribution in [1.29, 1.82) is 0 Å². The Bertz CT molecular complexity index is 707. The Balaban J connectivity index is 2.58. The van der Waals surface area contributed by atoms with Crippen LogP contribution in [0.3, 0.4) is 0 Å². The summed E-state index contributed by atoms with van der Waals surface area (Å²) in [6.45, 7) is 3.33. The first-order valence-electron chi connectivity index (χ1n) is 5.78. The molecule has 2 rings (SSSR count). The van der Waals surface area contributed by atoms with Crippen LogP contribution in [0.5, 0.6) is 0 Å². The number of carbonyl (C=O) groups excluding carboxylic acids is 1. The normalized spacial score (nSPS) is 10.7. The van der Waals surface area contributed by atoms with E-state index in [1.807, 2.05) is 0 Å². The fourth-order valence-corrected chi connectivity index (χ4v) is 2.09. The molecule has 0 aliphatic rings. The Morgan fingerprint density at radius 2 is 1.60 bits per heavy atom. The van der Waals surface area contributed by atoms with Gasteiger partial charge in [-0.25, -0.2) is 13.2 Å². The van der Waals surface area contributed by atoms with Crippen LogP contribution in [0.1, 0.15) is 27.0 Å². The minimum absolute atomic E-state index is 0.205. The SMILES string of the molecule is Cc1cc(C(=O)c2ccc(F)c(F)c2F)c(C)cc1Cl. The Hall–Kier alpha value is -1.81. The van der Waals surface area contributed by atoms with Crippen molar-refractivity contribution in [1.82, 2.24) is 0 Å². The fraction of sp³-hybridized carbons (Fsp3) is 0.133. The Labute approximate surface area is 119 Å². The number of halogens is 4. The van der Waals surface area contributed by atoms with Gasteiger partial charge < -0.3 is 0 Å². The summed E-state index contributed by atoms with van der Waals surface area (Å²) >= 11 is 5.92. The van der Waals surface area contributed by atoms with E-state index < -0.39 is 28.8 Å². The summed E-state index contributed by atoms with van der Waals surface area (Å²) in [5.41, 5.74) is 0.879. The van der Waals surface area contributed by atoms with Crippen molar-refractivity contribution in [3.8, 4) is 0 Å². The molecule has 0 atom stereocenters. The lowest BCUT2D eigenvalue weighted by atomic mass is 9.97. The summed E-state index contributed by atoms with van der Waals surface area (Å²) in [6, 6.07) is 4.73. The van der Waals surface area contributed by atoms with Crippen molar-refractivity contribution in [3.63, 3.8) is 0 Å². The van der Waals surface area contributed by atoms with E-state index in [9.17, 15) is 18.0 Å². The zero-order valence-corrected chi connectivity index (χ0v) is 11.5. The maximum absolute atomic E-state index is 13.6. The summed E-state index contributed by atoms with van der Waals surface area (Å²) < 4.78 is 39.7. The monoisotopic (exact) mass is 298 g/mol. The van der Waals surface area contributed by atoms with Gasteiger partial charge in [0.2, 0.25) is 0 Å². The molecular weight excluding hydrogens is 289 g/mol. The van der Waals surface area contributed by atoms with Crippen molar-refractivity contribution < 1.29 is 18.0 Å². The predicted molar refractivity (Wildman–Crippen MR) is 70.7 cm³/mol. The highest BCUT2D eigenvalue weighted by atomic mass is 35.5. The lowest BCUT2D eigenvalue weighted by molar-refractivity contribution is 0.103. The van der Waals surface area contributed by atoms with Crippen LogP contribution in [-0.2, 0) is 0 Å². The van der Waals surface area contributed by atoms with Gasteiger partial charge in [-0.05, 0) is 49.2 Å². The van der Waals surface area contributed by atoms with Crippen molar-refractivity contribution in [2.75, 3.05) is 0 Å². The van der Waals surface area contributed by atoms with Gasteiger partial charge in [0.15, 0.2) is 23.2 Å².